The SMILES string of the molecule is Brc1cccc2cnc(CC3CCCCN3)n12. The molecule has 0 amide bonds. The molecule has 0 saturated carbocycles. The highest BCUT2D eigenvalue weighted by molar-refractivity contribution is 9.10. The molecule has 0 aliphatic carbocycles. The van der Waals surface area contributed by atoms with Crippen LogP contribution in [0.3, 0.4) is 0 Å². The van der Waals surface area contributed by atoms with Crippen LogP contribution < -0.4 is 5.32 Å². The summed E-state index contributed by atoms with van der Waals surface area (Å²) in [4.78, 5) is 4.54. The molecule has 1 aliphatic rings. The maximum atomic E-state index is 4.54. The van der Waals surface area contributed by atoms with Gasteiger partial charge >= 0.3 is 0 Å². The summed E-state index contributed by atoms with van der Waals surface area (Å²) in [6.45, 7) is 1.15. The van der Waals surface area contributed by atoms with Crippen LogP contribution in [0.15, 0.2) is 29.0 Å². The molecule has 3 nitrogen and oxygen atoms in total. The molecule has 0 radical (unpaired) electrons. The minimum absolute atomic E-state index is 0.585. The van der Waals surface area contributed by atoms with Crippen LogP contribution in [0.5, 0.6) is 0 Å². The van der Waals surface area contributed by atoms with E-state index >= 15 is 0 Å². The Bertz CT molecular complexity index is 514. The van der Waals surface area contributed by atoms with E-state index in [-0.39, 0.29) is 0 Å². The first-order valence-electron chi connectivity index (χ1n) is 6.19. The molecule has 17 heavy (non-hydrogen) atoms. The Balaban J connectivity index is 1.89. The van der Waals surface area contributed by atoms with Crippen LogP contribution in [-0.4, -0.2) is 22.0 Å². The fraction of sp³-hybridized carbons (Fsp3) is 0.462. The molecule has 1 atom stereocenters. The Morgan fingerprint density at radius 2 is 2.35 bits per heavy atom. The lowest BCUT2D eigenvalue weighted by atomic mass is 10.0. The lowest BCUT2D eigenvalue weighted by Crippen LogP contribution is -2.36. The lowest BCUT2D eigenvalue weighted by molar-refractivity contribution is 0.394. The third-order valence-electron chi connectivity index (χ3n) is 3.42. The van der Waals surface area contributed by atoms with Crippen LogP contribution in [0, 0.1) is 0 Å². The van der Waals surface area contributed by atoms with E-state index in [2.05, 4.69) is 42.8 Å². The predicted molar refractivity (Wildman–Crippen MR) is 72.2 cm³/mol. The molecule has 0 aromatic carbocycles. The number of piperidine rings is 1. The van der Waals surface area contributed by atoms with Crippen molar-refractivity contribution < 1.29 is 0 Å². The number of hydrogen-bond acceptors (Lipinski definition) is 2. The first-order valence-corrected chi connectivity index (χ1v) is 6.98. The summed E-state index contributed by atoms with van der Waals surface area (Å²) in [7, 11) is 0. The molecule has 1 fully saturated rings. The minimum Gasteiger partial charge on any atom is -0.314 e. The van der Waals surface area contributed by atoms with Gasteiger partial charge in [0.15, 0.2) is 0 Å². The van der Waals surface area contributed by atoms with Crippen molar-refractivity contribution in [3.8, 4) is 0 Å². The maximum Gasteiger partial charge on any atom is 0.115 e. The number of nitrogens with zero attached hydrogens (tertiary/aromatic N) is 2. The summed E-state index contributed by atoms with van der Waals surface area (Å²) in [5.74, 6) is 1.15. The second kappa shape index (κ2) is 4.78. The number of hydrogen-bond donors (Lipinski definition) is 1. The van der Waals surface area contributed by atoms with Crippen molar-refractivity contribution in [1.82, 2.24) is 14.7 Å². The Morgan fingerprint density at radius 3 is 3.18 bits per heavy atom. The van der Waals surface area contributed by atoms with E-state index in [1.165, 1.54) is 19.3 Å². The van der Waals surface area contributed by atoms with Crippen LogP contribution in [0.2, 0.25) is 0 Å². The van der Waals surface area contributed by atoms with Crippen molar-refractivity contribution in [3.63, 3.8) is 0 Å². The van der Waals surface area contributed by atoms with E-state index in [0.29, 0.717) is 6.04 Å². The zero-order valence-corrected chi connectivity index (χ0v) is 11.3. The predicted octanol–water partition coefficient (Wildman–Crippen LogP) is 2.78. The molecule has 0 bridgehead atoms. The highest BCUT2D eigenvalue weighted by Crippen LogP contribution is 2.18. The van der Waals surface area contributed by atoms with E-state index in [9.17, 15) is 0 Å². The number of halogens is 1. The fourth-order valence-corrected chi connectivity index (χ4v) is 3.09. The molecule has 0 spiro atoms. The largest absolute Gasteiger partial charge is 0.314 e. The summed E-state index contributed by atoms with van der Waals surface area (Å²) < 4.78 is 3.27. The van der Waals surface area contributed by atoms with E-state index in [0.717, 1.165) is 28.9 Å². The van der Waals surface area contributed by atoms with Crippen LogP contribution in [0.4, 0.5) is 0 Å². The molecular weight excluding hydrogens is 278 g/mol. The van der Waals surface area contributed by atoms with E-state index in [1.807, 2.05) is 12.3 Å². The van der Waals surface area contributed by atoms with Gasteiger partial charge in [0.25, 0.3) is 0 Å². The molecule has 1 aliphatic heterocycles. The van der Waals surface area contributed by atoms with Crippen molar-refractivity contribution in [2.24, 2.45) is 0 Å². The highest BCUT2D eigenvalue weighted by Gasteiger charge is 2.16. The van der Waals surface area contributed by atoms with Gasteiger partial charge in [-0.3, -0.25) is 4.40 Å². The van der Waals surface area contributed by atoms with Crippen molar-refractivity contribution in [2.75, 3.05) is 6.54 Å². The Labute approximate surface area is 109 Å². The van der Waals surface area contributed by atoms with Gasteiger partial charge < -0.3 is 5.32 Å². The second-order valence-electron chi connectivity index (χ2n) is 4.63. The van der Waals surface area contributed by atoms with Crippen molar-refractivity contribution in [1.29, 1.82) is 0 Å². The molecular formula is C13H16BrN3. The standard InChI is InChI=1S/C13H16BrN3/c14-12-6-3-5-11-9-16-13(17(11)12)8-10-4-1-2-7-15-10/h3,5-6,9-10,15H,1-2,4,7-8H2. The van der Waals surface area contributed by atoms with Gasteiger partial charge in [-0.25, -0.2) is 4.98 Å². The second-order valence-corrected chi connectivity index (χ2v) is 5.45. The van der Waals surface area contributed by atoms with E-state index in [1.54, 1.807) is 0 Å². The van der Waals surface area contributed by atoms with Gasteiger partial charge in [-0.05, 0) is 47.4 Å². The van der Waals surface area contributed by atoms with Crippen LogP contribution >= 0.6 is 15.9 Å². The van der Waals surface area contributed by atoms with E-state index in [4.69, 9.17) is 0 Å². The number of fused-ring (bicyclic) bond motifs is 1. The van der Waals surface area contributed by atoms with Gasteiger partial charge in [0.05, 0.1) is 16.3 Å². The summed E-state index contributed by atoms with van der Waals surface area (Å²) >= 11 is 3.59. The average molecular weight is 294 g/mol. The number of aromatic nitrogens is 2. The summed E-state index contributed by atoms with van der Waals surface area (Å²) in [5.41, 5.74) is 1.16. The highest BCUT2D eigenvalue weighted by atomic mass is 79.9. The molecule has 90 valence electrons. The molecule has 3 heterocycles. The summed E-state index contributed by atoms with van der Waals surface area (Å²) in [6.07, 6.45) is 6.86. The molecule has 1 N–H and O–H groups in total. The number of rotatable bonds is 2. The van der Waals surface area contributed by atoms with Gasteiger partial charge in [0.2, 0.25) is 0 Å². The summed E-state index contributed by atoms with van der Waals surface area (Å²) in [6, 6.07) is 6.78. The molecule has 3 rings (SSSR count). The molecule has 2 aromatic heterocycles. The van der Waals surface area contributed by atoms with E-state index < -0.39 is 0 Å². The van der Waals surface area contributed by atoms with Crippen molar-refractivity contribution >= 4 is 21.4 Å². The van der Waals surface area contributed by atoms with Crippen LogP contribution in [0.1, 0.15) is 25.1 Å². The van der Waals surface area contributed by atoms with Gasteiger partial charge in [-0.2, -0.15) is 0 Å². The van der Waals surface area contributed by atoms with Crippen LogP contribution in [-0.2, 0) is 6.42 Å². The Hall–Kier alpha value is -0.870. The third-order valence-corrected chi connectivity index (χ3v) is 4.04. The topological polar surface area (TPSA) is 29.3 Å². The van der Waals surface area contributed by atoms with Crippen molar-refractivity contribution in [2.45, 2.75) is 31.7 Å². The smallest absolute Gasteiger partial charge is 0.115 e. The number of nitrogens with one attached hydrogen (secondary N) is 1. The molecule has 1 unspecified atom stereocenters. The zero-order valence-electron chi connectivity index (χ0n) is 9.69. The Kier molecular flexibility index (Phi) is 3.16. The first-order chi connectivity index (χ1) is 8.34. The quantitative estimate of drug-likeness (QED) is 0.863. The normalized spacial score (nSPS) is 20.9. The van der Waals surface area contributed by atoms with Gasteiger partial charge in [-0.15, -0.1) is 0 Å². The minimum atomic E-state index is 0.585. The van der Waals surface area contributed by atoms with Gasteiger partial charge in [-0.1, -0.05) is 12.5 Å². The molecule has 4 heteroatoms. The molecule has 1 saturated heterocycles. The van der Waals surface area contributed by atoms with Crippen LogP contribution in [0.25, 0.3) is 5.52 Å². The maximum absolute atomic E-state index is 4.54. The average Bonchev–Trinajstić information content (AvgIpc) is 2.75. The first kappa shape index (κ1) is 11.2. The monoisotopic (exact) mass is 293 g/mol. The lowest BCUT2D eigenvalue weighted by Gasteiger charge is -2.22. The summed E-state index contributed by atoms with van der Waals surface area (Å²) in [5, 5.41) is 3.57. The zero-order chi connectivity index (χ0) is 11.7. The number of pyridine rings is 1. The number of imidazole rings is 1. The molecule has 2 aromatic rings. The van der Waals surface area contributed by atoms with Crippen molar-refractivity contribution in [3.05, 3.63) is 34.8 Å². The van der Waals surface area contributed by atoms with Gasteiger partial charge in [0, 0.05) is 12.5 Å². The Morgan fingerprint density at radius 1 is 1.41 bits per heavy atom. The third kappa shape index (κ3) is 2.24. The fourth-order valence-electron chi connectivity index (χ4n) is 2.53. The van der Waals surface area contributed by atoms with Gasteiger partial charge in [0.1, 0.15) is 5.82 Å².